The maximum atomic E-state index is 10.5. The molecule has 1 aromatic carbocycles. The Morgan fingerprint density at radius 3 is 2.31 bits per heavy atom. The molecule has 0 bridgehead atoms. The van der Waals surface area contributed by atoms with E-state index in [0.717, 1.165) is 11.1 Å². The summed E-state index contributed by atoms with van der Waals surface area (Å²) in [6.45, 7) is 5.07. The van der Waals surface area contributed by atoms with E-state index in [1.54, 1.807) is 12.3 Å². The van der Waals surface area contributed by atoms with Gasteiger partial charge in [-0.2, -0.15) is 0 Å². The van der Waals surface area contributed by atoms with Crippen LogP contribution in [0.2, 0.25) is 0 Å². The number of carbonyl (C=O) groups excluding carboxylic acids is 1. The lowest BCUT2D eigenvalue weighted by molar-refractivity contribution is -0.115. The van der Waals surface area contributed by atoms with E-state index in [2.05, 4.69) is 11.6 Å². The van der Waals surface area contributed by atoms with Gasteiger partial charge >= 0.3 is 0 Å². The summed E-state index contributed by atoms with van der Waals surface area (Å²) in [6, 6.07) is 7.63. The van der Waals surface area contributed by atoms with Crippen LogP contribution < -0.4 is 0 Å². The van der Waals surface area contributed by atoms with E-state index >= 15 is 0 Å². The van der Waals surface area contributed by atoms with Crippen LogP contribution in [-0.2, 0) is 4.79 Å². The summed E-state index contributed by atoms with van der Waals surface area (Å²) in [5.41, 5.74) is 1.97. The second kappa shape index (κ2) is 4.36. The van der Waals surface area contributed by atoms with Gasteiger partial charge in [0.25, 0.3) is 0 Å². The molecule has 0 unspecified atom stereocenters. The van der Waals surface area contributed by atoms with Crippen LogP contribution in [0.5, 0.6) is 0 Å². The summed E-state index contributed by atoms with van der Waals surface area (Å²) < 4.78 is 0. The average molecular weight is 173 g/mol. The monoisotopic (exact) mass is 173 g/mol. The summed E-state index contributed by atoms with van der Waals surface area (Å²) >= 11 is 0. The quantitative estimate of drug-likeness (QED) is 0.631. The normalized spacial score (nSPS) is 10.2. The third-order valence-corrected chi connectivity index (χ3v) is 1.57. The first-order chi connectivity index (χ1) is 6.22. The van der Waals surface area contributed by atoms with Crippen molar-refractivity contribution in [2.45, 2.75) is 6.92 Å². The number of carbonyl (C=O) groups is 1. The maximum Gasteiger partial charge on any atom is 0.242 e. The van der Waals surface area contributed by atoms with Gasteiger partial charge in [0.1, 0.15) is 0 Å². The molecule has 0 aliphatic heterocycles. The molecule has 0 spiro atoms. The smallest absolute Gasteiger partial charge is 0.242 e. The number of rotatable bonds is 2. The minimum atomic E-state index is -0.187. The fourth-order valence-electron chi connectivity index (χ4n) is 0.884. The predicted molar refractivity (Wildman–Crippen MR) is 54.8 cm³/mol. The predicted octanol–water partition coefficient (Wildman–Crippen LogP) is 2.30. The molecule has 0 saturated carbocycles. The van der Waals surface area contributed by atoms with Crippen molar-refractivity contribution in [3.63, 3.8) is 0 Å². The number of nitrogens with zero attached hydrogens (tertiary/aromatic N) is 1. The summed E-state index contributed by atoms with van der Waals surface area (Å²) in [6.07, 6.45) is 3.32. The van der Waals surface area contributed by atoms with Crippen LogP contribution in [0, 0.1) is 0 Å². The molecule has 0 aromatic heterocycles. The molecule has 0 N–H and O–H groups in total. The Labute approximate surface area is 77.6 Å². The zero-order valence-corrected chi connectivity index (χ0v) is 7.53. The van der Waals surface area contributed by atoms with E-state index in [1.807, 2.05) is 24.3 Å². The molecule has 0 atom stereocenters. The molecule has 2 heteroatoms. The molecule has 0 aliphatic rings. The Hall–Kier alpha value is -1.70. The van der Waals surface area contributed by atoms with E-state index in [1.165, 1.54) is 6.92 Å². The largest absolute Gasteiger partial charge is 0.273 e. The molecule has 1 rings (SSSR count). The van der Waals surface area contributed by atoms with Gasteiger partial charge in [0, 0.05) is 13.1 Å². The molecule has 66 valence electrons. The third-order valence-electron chi connectivity index (χ3n) is 1.57. The molecule has 0 heterocycles. The number of hydrogen-bond donors (Lipinski definition) is 0. The van der Waals surface area contributed by atoms with Crippen molar-refractivity contribution in [1.29, 1.82) is 0 Å². The Balaban J connectivity index is 2.80. The van der Waals surface area contributed by atoms with E-state index in [0.29, 0.717) is 0 Å². The van der Waals surface area contributed by atoms with Gasteiger partial charge < -0.3 is 0 Å². The van der Waals surface area contributed by atoms with Crippen molar-refractivity contribution in [2.24, 2.45) is 4.99 Å². The summed E-state index contributed by atoms with van der Waals surface area (Å²) in [4.78, 5) is 14.2. The molecule has 0 aliphatic carbocycles. The molecular formula is C11H11NO. The number of benzene rings is 1. The standard InChI is InChI=1S/C11H11NO/c1-3-10-4-6-11(7-5-10)8-12-9(2)13/h3-8H,1H2,2H3. The number of aliphatic imine (C=N–C) groups is 1. The fourth-order valence-corrected chi connectivity index (χ4v) is 0.884. The summed E-state index contributed by atoms with van der Waals surface area (Å²) in [7, 11) is 0. The minimum absolute atomic E-state index is 0.187. The lowest BCUT2D eigenvalue weighted by Crippen LogP contribution is -1.86. The first kappa shape index (κ1) is 9.39. The van der Waals surface area contributed by atoms with E-state index in [-0.39, 0.29) is 5.91 Å². The Morgan fingerprint density at radius 1 is 1.31 bits per heavy atom. The molecule has 0 saturated heterocycles. The second-order valence-corrected chi connectivity index (χ2v) is 2.65. The number of hydrogen-bond acceptors (Lipinski definition) is 1. The highest BCUT2D eigenvalue weighted by molar-refractivity contribution is 5.90. The van der Waals surface area contributed by atoms with Crippen molar-refractivity contribution in [2.75, 3.05) is 0 Å². The van der Waals surface area contributed by atoms with Crippen molar-refractivity contribution in [3.05, 3.63) is 42.0 Å². The minimum Gasteiger partial charge on any atom is -0.273 e. The van der Waals surface area contributed by atoms with Gasteiger partial charge in [0.2, 0.25) is 5.91 Å². The zero-order valence-electron chi connectivity index (χ0n) is 7.53. The van der Waals surface area contributed by atoms with E-state index in [4.69, 9.17) is 0 Å². The van der Waals surface area contributed by atoms with E-state index in [9.17, 15) is 4.79 Å². The molecule has 0 fully saturated rings. The van der Waals surface area contributed by atoms with Gasteiger partial charge in [-0.05, 0) is 11.1 Å². The third kappa shape index (κ3) is 3.03. The molecule has 0 radical (unpaired) electrons. The van der Waals surface area contributed by atoms with Gasteiger partial charge in [0.15, 0.2) is 0 Å². The van der Waals surface area contributed by atoms with Crippen LogP contribution in [-0.4, -0.2) is 12.1 Å². The molecule has 1 amide bonds. The lowest BCUT2D eigenvalue weighted by atomic mass is 10.1. The van der Waals surface area contributed by atoms with Crippen LogP contribution in [0.3, 0.4) is 0 Å². The highest BCUT2D eigenvalue weighted by Gasteiger charge is 1.88. The SMILES string of the molecule is C=Cc1ccc(C=NC(C)=O)cc1. The van der Waals surface area contributed by atoms with Gasteiger partial charge in [-0.3, -0.25) is 4.79 Å². The van der Waals surface area contributed by atoms with Crippen LogP contribution in [0.15, 0.2) is 35.8 Å². The Bertz CT molecular complexity index is 336. The molecule has 2 nitrogen and oxygen atoms in total. The highest BCUT2D eigenvalue weighted by atomic mass is 16.1. The first-order valence-electron chi connectivity index (χ1n) is 3.99. The van der Waals surface area contributed by atoms with Gasteiger partial charge in [-0.25, -0.2) is 4.99 Å². The zero-order chi connectivity index (χ0) is 9.68. The molecule has 13 heavy (non-hydrogen) atoms. The van der Waals surface area contributed by atoms with Crippen LogP contribution in [0.25, 0.3) is 6.08 Å². The highest BCUT2D eigenvalue weighted by Crippen LogP contribution is 2.03. The summed E-state index contributed by atoms with van der Waals surface area (Å²) in [5, 5.41) is 0. The molecule has 1 aromatic rings. The number of amides is 1. The van der Waals surface area contributed by atoms with Crippen molar-refractivity contribution < 1.29 is 4.79 Å². The Morgan fingerprint density at radius 2 is 1.85 bits per heavy atom. The topological polar surface area (TPSA) is 29.4 Å². The Kier molecular flexibility index (Phi) is 3.15. The van der Waals surface area contributed by atoms with Crippen LogP contribution >= 0.6 is 0 Å². The maximum absolute atomic E-state index is 10.5. The van der Waals surface area contributed by atoms with Crippen molar-refractivity contribution >= 4 is 18.2 Å². The first-order valence-corrected chi connectivity index (χ1v) is 3.99. The summed E-state index contributed by atoms with van der Waals surface area (Å²) in [5.74, 6) is -0.187. The van der Waals surface area contributed by atoms with Crippen molar-refractivity contribution in [1.82, 2.24) is 0 Å². The van der Waals surface area contributed by atoms with Crippen LogP contribution in [0.1, 0.15) is 18.1 Å². The lowest BCUT2D eigenvalue weighted by Gasteiger charge is -1.93. The average Bonchev–Trinajstić information content (AvgIpc) is 2.15. The van der Waals surface area contributed by atoms with Crippen molar-refractivity contribution in [3.8, 4) is 0 Å². The van der Waals surface area contributed by atoms with Gasteiger partial charge in [0.05, 0.1) is 0 Å². The van der Waals surface area contributed by atoms with Gasteiger partial charge in [-0.15, -0.1) is 0 Å². The van der Waals surface area contributed by atoms with Crippen LogP contribution in [0.4, 0.5) is 0 Å². The fraction of sp³-hybridized carbons (Fsp3) is 0.0909. The van der Waals surface area contributed by atoms with Gasteiger partial charge in [-0.1, -0.05) is 36.9 Å². The van der Waals surface area contributed by atoms with E-state index < -0.39 is 0 Å². The molecular weight excluding hydrogens is 162 g/mol. The second-order valence-electron chi connectivity index (χ2n) is 2.65.